The zero-order chi connectivity index (χ0) is 15.4. The molecular weight excluding hydrogens is 287 g/mol. The monoisotopic (exact) mass is 312 g/mol. The highest BCUT2D eigenvalue weighted by atomic mass is 35.5. The number of nitrogens with two attached hydrogens (primary N) is 1. The Labute approximate surface area is 132 Å². The van der Waals surface area contributed by atoms with Crippen LogP contribution in [-0.2, 0) is 0 Å². The Balaban J connectivity index is 2.13. The van der Waals surface area contributed by atoms with Gasteiger partial charge in [-0.2, -0.15) is 0 Å². The highest BCUT2D eigenvalue weighted by molar-refractivity contribution is 6.30. The minimum absolute atomic E-state index is 0.0480. The minimum atomic E-state index is -0.248. The summed E-state index contributed by atoms with van der Waals surface area (Å²) >= 11 is 5.85. The molecule has 2 nitrogen and oxygen atoms in total. The van der Waals surface area contributed by atoms with Crippen molar-refractivity contribution in [3.8, 4) is 0 Å². The van der Waals surface area contributed by atoms with Crippen LogP contribution in [0.1, 0.15) is 44.7 Å². The lowest BCUT2D eigenvalue weighted by atomic mass is 9.89. The van der Waals surface area contributed by atoms with E-state index in [1.54, 1.807) is 12.1 Å². The van der Waals surface area contributed by atoms with Crippen LogP contribution in [-0.4, -0.2) is 24.5 Å². The Morgan fingerprint density at radius 2 is 2.10 bits per heavy atom. The summed E-state index contributed by atoms with van der Waals surface area (Å²) in [5.41, 5.74) is 6.62. The van der Waals surface area contributed by atoms with Gasteiger partial charge in [0.15, 0.2) is 0 Å². The number of hydrogen-bond acceptors (Lipinski definition) is 2. The molecule has 1 saturated heterocycles. The number of likely N-dealkylation sites (tertiary alicyclic amines) is 1. The van der Waals surface area contributed by atoms with Crippen molar-refractivity contribution in [2.24, 2.45) is 17.6 Å². The summed E-state index contributed by atoms with van der Waals surface area (Å²) < 4.78 is 14.2. The topological polar surface area (TPSA) is 29.3 Å². The maximum atomic E-state index is 14.2. The van der Waals surface area contributed by atoms with Crippen molar-refractivity contribution in [1.82, 2.24) is 4.90 Å². The average Bonchev–Trinajstić information content (AvgIpc) is 2.68. The fraction of sp³-hybridized carbons (Fsp3) is 0.647. The smallest absolute Gasteiger partial charge is 0.129 e. The summed E-state index contributed by atoms with van der Waals surface area (Å²) in [6.07, 6.45) is 3.59. The maximum absolute atomic E-state index is 14.2. The zero-order valence-electron chi connectivity index (χ0n) is 13.0. The van der Waals surface area contributed by atoms with Crippen LogP contribution in [0.2, 0.25) is 5.02 Å². The van der Waals surface area contributed by atoms with Gasteiger partial charge in [0.1, 0.15) is 5.82 Å². The van der Waals surface area contributed by atoms with E-state index in [-0.39, 0.29) is 11.9 Å². The normalized spacial score (nSPS) is 22.3. The zero-order valence-corrected chi connectivity index (χ0v) is 13.7. The molecule has 2 atom stereocenters. The number of hydrogen-bond donors (Lipinski definition) is 1. The molecule has 2 rings (SSSR count). The van der Waals surface area contributed by atoms with Crippen LogP contribution in [0.15, 0.2) is 18.2 Å². The van der Waals surface area contributed by atoms with E-state index in [2.05, 4.69) is 18.7 Å². The van der Waals surface area contributed by atoms with Crippen molar-refractivity contribution in [2.45, 2.75) is 39.2 Å². The molecule has 1 aromatic rings. The van der Waals surface area contributed by atoms with Crippen LogP contribution in [0.5, 0.6) is 0 Å². The van der Waals surface area contributed by atoms with Crippen LogP contribution in [0.3, 0.4) is 0 Å². The number of nitrogens with zero attached hydrogens (tertiary/aromatic N) is 1. The molecule has 0 bridgehead atoms. The molecule has 2 unspecified atom stereocenters. The van der Waals surface area contributed by atoms with Gasteiger partial charge in [-0.1, -0.05) is 31.5 Å². The molecule has 4 heteroatoms. The van der Waals surface area contributed by atoms with Gasteiger partial charge in [0, 0.05) is 23.2 Å². The van der Waals surface area contributed by atoms with Crippen LogP contribution in [0, 0.1) is 17.7 Å². The molecule has 0 amide bonds. The Morgan fingerprint density at radius 1 is 1.33 bits per heavy atom. The molecule has 1 aromatic carbocycles. The van der Waals surface area contributed by atoms with Crippen molar-refractivity contribution < 1.29 is 4.39 Å². The molecule has 0 radical (unpaired) electrons. The second-order valence-electron chi connectivity index (χ2n) is 6.39. The standard InChI is InChI=1S/C17H26ClFN2/c1-12(2)13-4-3-8-21(9-7-13)17(11-20)15-6-5-14(18)10-16(15)19/h5-6,10,12-13,17H,3-4,7-9,11,20H2,1-2H3. The molecule has 1 aliphatic rings. The van der Waals surface area contributed by atoms with E-state index in [4.69, 9.17) is 17.3 Å². The lowest BCUT2D eigenvalue weighted by molar-refractivity contribution is 0.200. The first-order valence-corrected chi connectivity index (χ1v) is 8.29. The average molecular weight is 313 g/mol. The molecule has 0 spiro atoms. The molecule has 21 heavy (non-hydrogen) atoms. The van der Waals surface area contributed by atoms with Crippen LogP contribution in [0.4, 0.5) is 4.39 Å². The molecule has 1 heterocycles. The summed E-state index contributed by atoms with van der Waals surface area (Å²) in [6.45, 7) is 7.00. The fourth-order valence-corrected chi connectivity index (χ4v) is 3.53. The Hall–Kier alpha value is -0.640. The van der Waals surface area contributed by atoms with Gasteiger partial charge in [0.05, 0.1) is 0 Å². The number of rotatable bonds is 4. The fourth-order valence-electron chi connectivity index (χ4n) is 3.37. The first-order chi connectivity index (χ1) is 10.0. The van der Waals surface area contributed by atoms with E-state index in [0.29, 0.717) is 23.0 Å². The maximum Gasteiger partial charge on any atom is 0.129 e. The van der Waals surface area contributed by atoms with Crippen LogP contribution < -0.4 is 5.73 Å². The van der Waals surface area contributed by atoms with E-state index >= 15 is 0 Å². The SMILES string of the molecule is CC(C)C1CCCN(C(CN)c2ccc(Cl)cc2F)CC1. The van der Waals surface area contributed by atoms with Crippen molar-refractivity contribution in [3.63, 3.8) is 0 Å². The molecule has 1 fully saturated rings. The Kier molecular flexibility index (Phi) is 6.03. The highest BCUT2D eigenvalue weighted by Gasteiger charge is 2.26. The Bertz CT molecular complexity index is 464. The largest absolute Gasteiger partial charge is 0.329 e. The van der Waals surface area contributed by atoms with Crippen molar-refractivity contribution in [2.75, 3.05) is 19.6 Å². The molecule has 0 aromatic heterocycles. The van der Waals surface area contributed by atoms with Gasteiger partial charge in [0.25, 0.3) is 0 Å². The number of halogens is 2. The van der Waals surface area contributed by atoms with Gasteiger partial charge in [-0.05, 0) is 56.3 Å². The molecule has 0 aliphatic carbocycles. The summed E-state index contributed by atoms with van der Waals surface area (Å²) in [5.74, 6) is 1.24. The molecule has 118 valence electrons. The summed E-state index contributed by atoms with van der Waals surface area (Å²) in [6, 6.07) is 4.86. The van der Waals surface area contributed by atoms with E-state index in [1.807, 2.05) is 0 Å². The summed E-state index contributed by atoms with van der Waals surface area (Å²) in [7, 11) is 0. The van der Waals surface area contributed by atoms with Gasteiger partial charge >= 0.3 is 0 Å². The van der Waals surface area contributed by atoms with Crippen molar-refractivity contribution in [3.05, 3.63) is 34.6 Å². The highest BCUT2D eigenvalue weighted by Crippen LogP contribution is 2.30. The molecule has 0 saturated carbocycles. The van der Waals surface area contributed by atoms with Gasteiger partial charge in [-0.25, -0.2) is 4.39 Å². The predicted octanol–water partition coefficient (Wildman–Crippen LogP) is 4.24. The van der Waals surface area contributed by atoms with E-state index < -0.39 is 0 Å². The van der Waals surface area contributed by atoms with E-state index in [1.165, 1.54) is 18.9 Å². The molecular formula is C17H26ClFN2. The van der Waals surface area contributed by atoms with Gasteiger partial charge in [-0.15, -0.1) is 0 Å². The van der Waals surface area contributed by atoms with E-state index in [0.717, 1.165) is 25.4 Å². The third-order valence-corrected chi connectivity index (χ3v) is 4.97. The predicted molar refractivity (Wildman–Crippen MR) is 87.0 cm³/mol. The number of benzene rings is 1. The summed E-state index contributed by atoms with van der Waals surface area (Å²) in [5, 5.41) is 0.433. The molecule has 1 aliphatic heterocycles. The van der Waals surface area contributed by atoms with Gasteiger partial charge < -0.3 is 5.73 Å². The lowest BCUT2D eigenvalue weighted by Crippen LogP contribution is -2.35. The third-order valence-electron chi connectivity index (χ3n) is 4.74. The van der Waals surface area contributed by atoms with Crippen LogP contribution >= 0.6 is 11.6 Å². The lowest BCUT2D eigenvalue weighted by Gasteiger charge is -2.30. The van der Waals surface area contributed by atoms with Crippen molar-refractivity contribution in [1.29, 1.82) is 0 Å². The second-order valence-corrected chi connectivity index (χ2v) is 6.82. The molecule has 2 N–H and O–H groups in total. The van der Waals surface area contributed by atoms with Gasteiger partial charge in [0.2, 0.25) is 0 Å². The summed E-state index contributed by atoms with van der Waals surface area (Å²) in [4.78, 5) is 2.34. The first-order valence-electron chi connectivity index (χ1n) is 7.92. The quantitative estimate of drug-likeness (QED) is 0.901. The third kappa shape index (κ3) is 4.18. The van der Waals surface area contributed by atoms with Crippen molar-refractivity contribution >= 4 is 11.6 Å². The van der Waals surface area contributed by atoms with Gasteiger partial charge in [-0.3, -0.25) is 4.90 Å². The van der Waals surface area contributed by atoms with Crippen LogP contribution in [0.25, 0.3) is 0 Å². The second kappa shape index (κ2) is 7.57. The Morgan fingerprint density at radius 3 is 2.71 bits per heavy atom. The van der Waals surface area contributed by atoms with E-state index in [9.17, 15) is 4.39 Å². The minimum Gasteiger partial charge on any atom is -0.329 e. The first kappa shape index (κ1) is 16.7.